The molecule has 2 rings (SSSR count). The lowest BCUT2D eigenvalue weighted by molar-refractivity contribution is 0.0895. The second-order valence-electron chi connectivity index (χ2n) is 5.71. The zero-order valence-corrected chi connectivity index (χ0v) is 11.4. The van der Waals surface area contributed by atoms with Gasteiger partial charge in [0.2, 0.25) is 0 Å². The minimum absolute atomic E-state index is 0.151. The molecule has 1 aromatic rings. The third-order valence-electron chi connectivity index (χ3n) is 3.78. The quantitative estimate of drug-likeness (QED) is 0.883. The molecule has 1 fully saturated rings. The average Bonchev–Trinajstić information content (AvgIpc) is 2.33. The molecule has 1 aliphatic heterocycles. The van der Waals surface area contributed by atoms with Crippen LogP contribution in [0.1, 0.15) is 25.8 Å². The highest BCUT2D eigenvalue weighted by Gasteiger charge is 2.28. The summed E-state index contributed by atoms with van der Waals surface area (Å²) in [6.07, 6.45) is 2.16. The van der Waals surface area contributed by atoms with E-state index in [-0.39, 0.29) is 11.4 Å². The maximum atomic E-state index is 12.8. The van der Waals surface area contributed by atoms with E-state index in [1.54, 1.807) is 12.1 Å². The molecule has 0 radical (unpaired) electrons. The Morgan fingerprint density at radius 2 is 2.00 bits per heavy atom. The Kier molecular flexibility index (Phi) is 4.36. The third-order valence-corrected chi connectivity index (χ3v) is 3.78. The summed E-state index contributed by atoms with van der Waals surface area (Å²) in [7, 11) is 0. The van der Waals surface area contributed by atoms with Crippen LogP contribution in [0, 0.1) is 5.82 Å². The Hall–Kier alpha value is -0.930. The molecule has 0 bridgehead atoms. The van der Waals surface area contributed by atoms with Gasteiger partial charge >= 0.3 is 0 Å². The Morgan fingerprint density at radius 3 is 2.67 bits per heavy atom. The molecule has 0 aliphatic carbocycles. The summed E-state index contributed by atoms with van der Waals surface area (Å²) in [5.41, 5.74) is 1.48. The van der Waals surface area contributed by atoms with Crippen LogP contribution in [0.2, 0.25) is 0 Å². The van der Waals surface area contributed by atoms with Crippen molar-refractivity contribution in [2.75, 3.05) is 26.2 Å². The lowest BCUT2D eigenvalue weighted by Crippen LogP contribution is -2.58. The van der Waals surface area contributed by atoms with Crippen molar-refractivity contribution in [1.82, 2.24) is 10.2 Å². The van der Waals surface area contributed by atoms with E-state index in [4.69, 9.17) is 0 Å². The molecule has 1 saturated heterocycles. The monoisotopic (exact) mass is 250 g/mol. The molecule has 0 amide bonds. The van der Waals surface area contributed by atoms with Gasteiger partial charge in [-0.05, 0) is 50.9 Å². The summed E-state index contributed by atoms with van der Waals surface area (Å²) in [6.45, 7) is 8.96. The summed E-state index contributed by atoms with van der Waals surface area (Å²) in [5.74, 6) is -0.151. The van der Waals surface area contributed by atoms with Gasteiger partial charge in [0.25, 0.3) is 0 Å². The van der Waals surface area contributed by atoms with E-state index in [9.17, 15) is 4.39 Å². The van der Waals surface area contributed by atoms with Crippen LogP contribution in [0.5, 0.6) is 0 Å². The largest absolute Gasteiger partial charge is 0.314 e. The van der Waals surface area contributed by atoms with Crippen molar-refractivity contribution >= 4 is 0 Å². The highest BCUT2D eigenvalue weighted by atomic mass is 19.1. The Bertz CT molecular complexity index is 373. The average molecular weight is 250 g/mol. The topological polar surface area (TPSA) is 15.3 Å². The van der Waals surface area contributed by atoms with Gasteiger partial charge in [-0.3, -0.25) is 4.90 Å². The van der Waals surface area contributed by atoms with Gasteiger partial charge in [0.15, 0.2) is 0 Å². The molecule has 2 nitrogen and oxygen atoms in total. The first kappa shape index (κ1) is 13.5. The van der Waals surface area contributed by atoms with Gasteiger partial charge in [0.05, 0.1) is 0 Å². The summed E-state index contributed by atoms with van der Waals surface area (Å²) in [5, 5.41) is 3.44. The minimum Gasteiger partial charge on any atom is -0.314 e. The number of rotatable bonds is 4. The van der Waals surface area contributed by atoms with Gasteiger partial charge in [-0.1, -0.05) is 12.1 Å². The van der Waals surface area contributed by atoms with Crippen LogP contribution in [0.3, 0.4) is 0 Å². The number of nitrogens with zero attached hydrogens (tertiary/aromatic N) is 1. The fraction of sp³-hybridized carbons (Fsp3) is 0.600. The van der Waals surface area contributed by atoms with Crippen molar-refractivity contribution in [2.45, 2.75) is 32.2 Å². The number of nitrogens with one attached hydrogen (secondary N) is 1. The summed E-state index contributed by atoms with van der Waals surface area (Å²) in [4.78, 5) is 2.55. The van der Waals surface area contributed by atoms with E-state index in [0.717, 1.165) is 39.0 Å². The van der Waals surface area contributed by atoms with Crippen LogP contribution in [-0.2, 0) is 6.42 Å². The van der Waals surface area contributed by atoms with Crippen molar-refractivity contribution in [3.8, 4) is 0 Å². The van der Waals surface area contributed by atoms with Crippen LogP contribution in [0.15, 0.2) is 24.3 Å². The van der Waals surface area contributed by atoms with E-state index in [0.29, 0.717) is 0 Å². The molecule has 0 spiro atoms. The first-order valence-corrected chi connectivity index (χ1v) is 6.78. The first-order chi connectivity index (χ1) is 8.58. The molecule has 0 atom stereocenters. The second-order valence-corrected chi connectivity index (χ2v) is 5.71. The standard InChI is InChI=1S/C15H23FN2/c1-15(2)12-17-9-11-18(15)10-3-4-13-5-7-14(16)8-6-13/h5-8,17H,3-4,9-12H2,1-2H3. The third kappa shape index (κ3) is 3.53. The van der Waals surface area contributed by atoms with E-state index in [2.05, 4.69) is 24.1 Å². The van der Waals surface area contributed by atoms with Gasteiger partial charge < -0.3 is 5.32 Å². The molecule has 1 N–H and O–H groups in total. The zero-order chi connectivity index (χ0) is 13.0. The summed E-state index contributed by atoms with van der Waals surface area (Å²) in [6, 6.07) is 6.87. The summed E-state index contributed by atoms with van der Waals surface area (Å²) < 4.78 is 12.8. The fourth-order valence-corrected chi connectivity index (χ4v) is 2.56. The van der Waals surface area contributed by atoms with Crippen molar-refractivity contribution in [2.24, 2.45) is 0 Å². The molecule has 100 valence electrons. The molecule has 1 heterocycles. The molecule has 0 aromatic heterocycles. The summed E-state index contributed by atoms with van der Waals surface area (Å²) >= 11 is 0. The molecular formula is C15H23FN2. The highest BCUT2D eigenvalue weighted by Crippen LogP contribution is 2.17. The highest BCUT2D eigenvalue weighted by molar-refractivity contribution is 5.16. The first-order valence-electron chi connectivity index (χ1n) is 6.78. The van der Waals surface area contributed by atoms with E-state index < -0.39 is 0 Å². The minimum atomic E-state index is -0.151. The van der Waals surface area contributed by atoms with E-state index >= 15 is 0 Å². The van der Waals surface area contributed by atoms with Crippen molar-refractivity contribution < 1.29 is 4.39 Å². The number of hydrogen-bond acceptors (Lipinski definition) is 2. The van der Waals surface area contributed by atoms with Crippen LogP contribution < -0.4 is 5.32 Å². The lowest BCUT2D eigenvalue weighted by Gasteiger charge is -2.43. The number of hydrogen-bond donors (Lipinski definition) is 1. The van der Waals surface area contributed by atoms with E-state index in [1.165, 1.54) is 5.56 Å². The van der Waals surface area contributed by atoms with E-state index in [1.807, 2.05) is 12.1 Å². The van der Waals surface area contributed by atoms with Crippen LogP contribution in [0.4, 0.5) is 4.39 Å². The van der Waals surface area contributed by atoms with Gasteiger partial charge in [-0.25, -0.2) is 4.39 Å². The fourth-order valence-electron chi connectivity index (χ4n) is 2.56. The SMILES string of the molecule is CC1(C)CNCCN1CCCc1ccc(F)cc1. The maximum absolute atomic E-state index is 12.8. The maximum Gasteiger partial charge on any atom is 0.123 e. The van der Waals surface area contributed by atoms with Gasteiger partial charge in [0, 0.05) is 25.2 Å². The number of halogens is 1. The van der Waals surface area contributed by atoms with Crippen molar-refractivity contribution in [3.05, 3.63) is 35.6 Å². The van der Waals surface area contributed by atoms with Crippen LogP contribution in [0.25, 0.3) is 0 Å². The van der Waals surface area contributed by atoms with Crippen molar-refractivity contribution in [3.63, 3.8) is 0 Å². The molecule has 18 heavy (non-hydrogen) atoms. The Labute approximate surface area is 109 Å². The second kappa shape index (κ2) is 5.81. The van der Waals surface area contributed by atoms with Gasteiger partial charge in [-0.2, -0.15) is 0 Å². The molecular weight excluding hydrogens is 227 g/mol. The molecule has 3 heteroatoms. The molecule has 1 aliphatic rings. The lowest BCUT2D eigenvalue weighted by atomic mass is 9.99. The Morgan fingerprint density at radius 1 is 1.28 bits per heavy atom. The van der Waals surface area contributed by atoms with Crippen molar-refractivity contribution in [1.29, 1.82) is 0 Å². The zero-order valence-electron chi connectivity index (χ0n) is 11.4. The number of benzene rings is 1. The van der Waals surface area contributed by atoms with Crippen LogP contribution in [-0.4, -0.2) is 36.6 Å². The molecule has 1 aromatic carbocycles. The van der Waals surface area contributed by atoms with Gasteiger partial charge in [0.1, 0.15) is 5.82 Å². The Balaban J connectivity index is 1.79. The van der Waals surface area contributed by atoms with Gasteiger partial charge in [-0.15, -0.1) is 0 Å². The predicted octanol–water partition coefficient (Wildman–Crippen LogP) is 2.44. The molecule has 0 saturated carbocycles. The normalized spacial score (nSPS) is 19.9. The smallest absolute Gasteiger partial charge is 0.123 e. The number of aryl methyl sites for hydroxylation is 1. The predicted molar refractivity (Wildman–Crippen MR) is 73.2 cm³/mol. The van der Waals surface area contributed by atoms with Crippen LogP contribution >= 0.6 is 0 Å². The molecule has 0 unspecified atom stereocenters. The number of piperazine rings is 1.